The van der Waals surface area contributed by atoms with Gasteiger partial charge in [-0.3, -0.25) is 29.7 Å². The second-order valence-corrected chi connectivity index (χ2v) is 9.92. The van der Waals surface area contributed by atoms with Gasteiger partial charge in [-0.15, -0.1) is 5.53 Å². The fourth-order valence-electron chi connectivity index (χ4n) is 4.55. The van der Waals surface area contributed by atoms with Crippen LogP contribution in [0.25, 0.3) is 22.2 Å². The van der Waals surface area contributed by atoms with Crippen LogP contribution in [0, 0.1) is 0 Å². The van der Waals surface area contributed by atoms with Gasteiger partial charge in [-0.05, 0) is 35.9 Å². The SMILES string of the molecule is O=C(Nc1n[nH]c2ccccc12)[C@H](Cc1ccccc1)n1cnc(-c2cc(Cl)ccc2N2C=C(Cl)NN2)cc1=O. The maximum atomic E-state index is 13.7. The highest BCUT2D eigenvalue weighted by Crippen LogP contribution is 2.32. The molecule has 10 nitrogen and oxygen atoms in total. The van der Waals surface area contributed by atoms with E-state index in [2.05, 4.69) is 31.5 Å². The zero-order valence-electron chi connectivity index (χ0n) is 20.8. The molecule has 0 fully saturated rings. The number of fused-ring (bicyclic) bond motifs is 1. The van der Waals surface area contributed by atoms with Crippen LogP contribution in [-0.4, -0.2) is 25.7 Å². The van der Waals surface area contributed by atoms with Gasteiger partial charge in [-0.1, -0.05) is 65.7 Å². The first-order valence-electron chi connectivity index (χ1n) is 12.3. The topological polar surface area (TPSA) is 120 Å². The Morgan fingerprint density at radius 3 is 2.58 bits per heavy atom. The minimum Gasteiger partial charge on any atom is -0.307 e. The van der Waals surface area contributed by atoms with E-state index in [4.69, 9.17) is 23.2 Å². The summed E-state index contributed by atoms with van der Waals surface area (Å²) in [5, 5.41) is 13.3. The molecule has 200 valence electrons. The van der Waals surface area contributed by atoms with Gasteiger partial charge in [0.15, 0.2) is 5.82 Å². The Hall–Kier alpha value is -4.64. The van der Waals surface area contributed by atoms with E-state index < -0.39 is 17.5 Å². The number of para-hydroxylation sites is 1. The zero-order chi connectivity index (χ0) is 27.6. The van der Waals surface area contributed by atoms with Gasteiger partial charge >= 0.3 is 0 Å². The number of hydrogen-bond acceptors (Lipinski definition) is 7. The lowest BCUT2D eigenvalue weighted by molar-refractivity contribution is -0.119. The number of nitrogens with one attached hydrogen (secondary N) is 4. The minimum atomic E-state index is -0.892. The van der Waals surface area contributed by atoms with Crippen LogP contribution in [0.3, 0.4) is 0 Å². The number of aromatic amines is 1. The van der Waals surface area contributed by atoms with Crippen molar-refractivity contribution in [2.24, 2.45) is 0 Å². The van der Waals surface area contributed by atoms with Gasteiger partial charge in [0.2, 0.25) is 5.91 Å². The van der Waals surface area contributed by atoms with Gasteiger partial charge in [0.05, 0.1) is 29.4 Å². The molecule has 3 aromatic carbocycles. The third-order valence-electron chi connectivity index (χ3n) is 6.49. The third-order valence-corrected chi connectivity index (χ3v) is 6.92. The van der Waals surface area contributed by atoms with E-state index in [0.717, 1.165) is 16.5 Å². The van der Waals surface area contributed by atoms with E-state index in [1.807, 2.05) is 54.6 Å². The molecule has 1 amide bonds. The molecule has 1 atom stereocenters. The molecule has 5 aromatic rings. The van der Waals surface area contributed by atoms with Gasteiger partial charge in [-0.2, -0.15) is 5.10 Å². The number of aromatic nitrogens is 4. The van der Waals surface area contributed by atoms with Crippen molar-refractivity contribution >= 4 is 51.5 Å². The second kappa shape index (κ2) is 10.9. The van der Waals surface area contributed by atoms with Gasteiger partial charge in [-0.25, -0.2) is 4.98 Å². The predicted octanol–water partition coefficient (Wildman–Crippen LogP) is 4.73. The molecule has 0 spiro atoms. The van der Waals surface area contributed by atoms with Crippen LogP contribution in [-0.2, 0) is 11.2 Å². The van der Waals surface area contributed by atoms with E-state index in [1.165, 1.54) is 17.0 Å². The van der Waals surface area contributed by atoms with Crippen molar-refractivity contribution in [2.45, 2.75) is 12.5 Å². The van der Waals surface area contributed by atoms with Crippen molar-refractivity contribution in [3.05, 3.63) is 117 Å². The molecule has 1 aliphatic rings. The molecule has 0 radical (unpaired) electrons. The number of carbonyl (C=O) groups excluding carboxylic acids is 1. The molecular formula is C28H22Cl2N8O2. The Kier molecular flexibility index (Phi) is 6.95. The molecule has 0 saturated heterocycles. The fraction of sp³-hybridized carbons (Fsp3) is 0.0714. The van der Waals surface area contributed by atoms with Gasteiger partial charge in [0.25, 0.3) is 5.56 Å². The highest BCUT2D eigenvalue weighted by molar-refractivity contribution is 6.31. The smallest absolute Gasteiger partial charge is 0.254 e. The van der Waals surface area contributed by atoms with E-state index in [9.17, 15) is 9.59 Å². The van der Waals surface area contributed by atoms with Crippen LogP contribution in [0.5, 0.6) is 0 Å². The van der Waals surface area contributed by atoms with Crippen LogP contribution in [0.15, 0.2) is 101 Å². The summed E-state index contributed by atoms with van der Waals surface area (Å²) in [5.74, 6) is -0.00776. The molecule has 0 saturated carbocycles. The average molecular weight is 573 g/mol. The molecule has 0 aliphatic carbocycles. The summed E-state index contributed by atoms with van der Waals surface area (Å²) in [6.45, 7) is 0. The Bertz CT molecular complexity index is 1800. The molecule has 6 rings (SSSR count). The summed E-state index contributed by atoms with van der Waals surface area (Å²) >= 11 is 12.3. The maximum Gasteiger partial charge on any atom is 0.254 e. The maximum absolute atomic E-state index is 13.7. The lowest BCUT2D eigenvalue weighted by Crippen LogP contribution is -2.36. The van der Waals surface area contributed by atoms with Crippen molar-refractivity contribution in [2.75, 3.05) is 10.3 Å². The number of rotatable bonds is 7. The summed E-state index contributed by atoms with van der Waals surface area (Å²) in [7, 11) is 0. The highest BCUT2D eigenvalue weighted by Gasteiger charge is 2.25. The molecule has 40 heavy (non-hydrogen) atoms. The van der Waals surface area contributed by atoms with Crippen LogP contribution < -0.4 is 26.8 Å². The summed E-state index contributed by atoms with van der Waals surface area (Å²) in [6.07, 6.45) is 3.30. The number of H-pyrrole nitrogens is 1. The quantitative estimate of drug-likeness (QED) is 0.208. The van der Waals surface area contributed by atoms with Crippen molar-refractivity contribution < 1.29 is 4.79 Å². The van der Waals surface area contributed by atoms with Crippen molar-refractivity contribution in [1.29, 1.82) is 0 Å². The molecule has 0 bridgehead atoms. The zero-order valence-corrected chi connectivity index (χ0v) is 22.3. The number of hydrogen-bond donors (Lipinski definition) is 4. The number of anilines is 2. The number of halogens is 2. The van der Waals surface area contributed by atoms with Crippen molar-refractivity contribution in [3.8, 4) is 11.3 Å². The van der Waals surface area contributed by atoms with Crippen LogP contribution in [0.1, 0.15) is 11.6 Å². The van der Waals surface area contributed by atoms with E-state index >= 15 is 0 Å². The van der Waals surface area contributed by atoms with Gasteiger partial charge in [0.1, 0.15) is 11.2 Å². The molecule has 2 aromatic heterocycles. The van der Waals surface area contributed by atoms with Crippen molar-refractivity contribution in [1.82, 2.24) is 30.7 Å². The Balaban J connectivity index is 1.37. The summed E-state index contributed by atoms with van der Waals surface area (Å²) in [4.78, 5) is 31.8. The number of amides is 1. The Labute approximate surface area is 238 Å². The van der Waals surface area contributed by atoms with E-state index in [1.54, 1.807) is 29.4 Å². The second-order valence-electron chi connectivity index (χ2n) is 9.08. The third kappa shape index (κ3) is 5.15. The van der Waals surface area contributed by atoms with Crippen LogP contribution in [0.2, 0.25) is 5.02 Å². The lowest BCUT2D eigenvalue weighted by atomic mass is 10.0. The first-order valence-corrected chi connectivity index (χ1v) is 13.1. The highest BCUT2D eigenvalue weighted by atomic mass is 35.5. The van der Waals surface area contributed by atoms with Crippen molar-refractivity contribution in [3.63, 3.8) is 0 Å². The van der Waals surface area contributed by atoms with Crippen LogP contribution >= 0.6 is 23.2 Å². The first kappa shape index (κ1) is 25.6. The largest absolute Gasteiger partial charge is 0.307 e. The van der Waals surface area contributed by atoms with E-state index in [-0.39, 0.29) is 6.42 Å². The molecule has 1 aliphatic heterocycles. The summed E-state index contributed by atoms with van der Waals surface area (Å²) in [6, 6.07) is 22.7. The van der Waals surface area contributed by atoms with Gasteiger partial charge in [0, 0.05) is 28.5 Å². The fourth-order valence-corrected chi connectivity index (χ4v) is 4.86. The Morgan fingerprint density at radius 2 is 1.80 bits per heavy atom. The summed E-state index contributed by atoms with van der Waals surface area (Å²) in [5.41, 5.74) is 8.63. The molecular weight excluding hydrogens is 551 g/mol. The normalized spacial score (nSPS) is 13.7. The molecule has 0 unspecified atom stereocenters. The molecule has 12 heteroatoms. The number of nitrogens with zero attached hydrogens (tertiary/aromatic N) is 4. The Morgan fingerprint density at radius 1 is 1.00 bits per heavy atom. The number of hydrazine groups is 2. The predicted molar refractivity (Wildman–Crippen MR) is 156 cm³/mol. The molecule has 4 N–H and O–H groups in total. The van der Waals surface area contributed by atoms with E-state index in [0.29, 0.717) is 32.9 Å². The standard InChI is InChI=1S/C28H22Cl2N8O2/c29-18-10-11-23(38-15-25(30)34-36-38)20(13-18)22-14-26(39)37(16-31-22)24(12-17-6-2-1-3-7-17)28(40)32-27-19-8-4-5-9-21(19)33-35-27/h1-11,13-16,24,34,36H,12H2,(H2,32,33,35,40)/t24-/m0/s1. The number of carbonyl (C=O) groups is 1. The number of benzene rings is 3. The lowest BCUT2D eigenvalue weighted by Gasteiger charge is -2.21. The van der Waals surface area contributed by atoms with Crippen LogP contribution in [0.4, 0.5) is 11.5 Å². The average Bonchev–Trinajstić information content (AvgIpc) is 3.58. The summed E-state index contributed by atoms with van der Waals surface area (Å²) < 4.78 is 1.33. The first-order chi connectivity index (χ1) is 19.5. The van der Waals surface area contributed by atoms with Gasteiger partial charge < -0.3 is 5.32 Å². The molecule has 3 heterocycles. The monoisotopic (exact) mass is 572 g/mol. The minimum absolute atomic E-state index is 0.269.